The molecule has 10 aromatic rings. The minimum absolute atomic E-state index is 0.144. The molecule has 2 N–H and O–H groups in total. The second kappa shape index (κ2) is 12.7. The predicted octanol–water partition coefficient (Wildman–Crippen LogP) is 12.4. The van der Waals surface area contributed by atoms with Crippen molar-refractivity contribution in [2.75, 3.05) is 0 Å². The number of hydrogen-bond donors (Lipinski definition) is 2. The third-order valence-corrected chi connectivity index (χ3v) is 11.8. The molecular weight excluding hydrogens is 701 g/mol. The van der Waals surface area contributed by atoms with Crippen molar-refractivity contribution >= 4 is 66.7 Å². The van der Waals surface area contributed by atoms with Gasteiger partial charge in [-0.15, -0.1) is 0 Å². The number of para-hydroxylation sites is 3. The normalized spacial score (nSPS) is 16.7. The van der Waals surface area contributed by atoms with E-state index in [1.54, 1.807) is 0 Å². The van der Waals surface area contributed by atoms with Gasteiger partial charge in [-0.1, -0.05) is 133 Å². The second-order valence-electron chi connectivity index (χ2n) is 15.1. The van der Waals surface area contributed by atoms with Crippen LogP contribution in [0, 0.1) is 0 Å². The van der Waals surface area contributed by atoms with Gasteiger partial charge in [0, 0.05) is 60.6 Å². The standard InChI is InChI=1S/C51H36N4O2/c1-3-13-31(14-4-1)49-52-50(32-15-5-2-6-16-32)54-51(53-49)40-22-12-21-39-38-20-11-19-35(47(38)57-48(39)40)33-25-27-45-41(29-33)42-30-34(26-28-46(42)56-45)55-43-23-9-7-17-36(43)37-18-8-10-24-44(37)55/h1-9,11-23,25-30,49,51,53H,10,24H2,(H,52,54). The molecule has 2 aliphatic rings. The Balaban J connectivity index is 0.987. The molecule has 6 heteroatoms. The highest BCUT2D eigenvalue weighted by Crippen LogP contribution is 2.42. The lowest BCUT2D eigenvalue weighted by Crippen LogP contribution is -2.44. The van der Waals surface area contributed by atoms with Crippen LogP contribution >= 0.6 is 0 Å². The summed E-state index contributed by atoms with van der Waals surface area (Å²) in [6, 6.07) is 55.4. The number of benzene rings is 7. The fraction of sp³-hybridized carbons (Fsp3) is 0.0784. The van der Waals surface area contributed by atoms with Crippen LogP contribution in [0.25, 0.3) is 77.7 Å². The molecule has 0 amide bonds. The lowest BCUT2D eigenvalue weighted by Gasteiger charge is -2.32. The van der Waals surface area contributed by atoms with Gasteiger partial charge in [-0.25, -0.2) is 4.99 Å². The first-order chi connectivity index (χ1) is 28.2. The lowest BCUT2D eigenvalue weighted by molar-refractivity contribution is 0.408. The number of furan rings is 2. The van der Waals surface area contributed by atoms with E-state index in [1.807, 2.05) is 24.3 Å². The average Bonchev–Trinajstić information content (AvgIpc) is 3.96. The van der Waals surface area contributed by atoms with Gasteiger partial charge >= 0.3 is 0 Å². The third kappa shape index (κ3) is 5.11. The fourth-order valence-corrected chi connectivity index (χ4v) is 9.10. The molecule has 6 nitrogen and oxygen atoms in total. The topological polar surface area (TPSA) is 67.6 Å². The van der Waals surface area contributed by atoms with Crippen molar-refractivity contribution in [3.8, 4) is 16.8 Å². The Kier molecular flexibility index (Phi) is 7.16. The van der Waals surface area contributed by atoms with Gasteiger partial charge in [-0.3, -0.25) is 5.32 Å². The maximum absolute atomic E-state index is 6.99. The van der Waals surface area contributed by atoms with Crippen molar-refractivity contribution in [2.45, 2.75) is 25.2 Å². The molecule has 2 atom stereocenters. The van der Waals surface area contributed by atoms with E-state index in [4.69, 9.17) is 13.8 Å². The Bertz CT molecular complexity index is 3260. The summed E-state index contributed by atoms with van der Waals surface area (Å²) in [4.78, 5) is 5.24. The second-order valence-corrected chi connectivity index (χ2v) is 15.1. The molecule has 1 aliphatic heterocycles. The minimum Gasteiger partial charge on any atom is -0.456 e. The molecule has 1 aliphatic carbocycles. The van der Waals surface area contributed by atoms with E-state index in [0.717, 1.165) is 96.1 Å². The summed E-state index contributed by atoms with van der Waals surface area (Å²) in [6.07, 6.45) is 6.15. The summed E-state index contributed by atoms with van der Waals surface area (Å²) < 4.78 is 15.9. The molecule has 272 valence electrons. The largest absolute Gasteiger partial charge is 0.456 e. The number of amidine groups is 1. The first kappa shape index (κ1) is 32.1. The zero-order valence-electron chi connectivity index (χ0n) is 30.9. The molecule has 0 saturated heterocycles. The Labute approximate surface area is 328 Å². The van der Waals surface area contributed by atoms with Crippen LogP contribution in [-0.4, -0.2) is 10.4 Å². The summed E-state index contributed by atoms with van der Waals surface area (Å²) >= 11 is 0. The maximum atomic E-state index is 6.99. The molecule has 4 heterocycles. The zero-order valence-corrected chi connectivity index (χ0v) is 30.9. The van der Waals surface area contributed by atoms with Crippen LogP contribution in [0.1, 0.15) is 46.7 Å². The minimum atomic E-state index is -0.346. The third-order valence-electron chi connectivity index (χ3n) is 11.8. The number of allylic oxidation sites excluding steroid dienone is 1. The molecule has 0 saturated carbocycles. The van der Waals surface area contributed by atoms with Crippen LogP contribution < -0.4 is 10.6 Å². The van der Waals surface area contributed by atoms with E-state index < -0.39 is 0 Å². The number of aliphatic imine (C=N–C) groups is 1. The molecular formula is C51H36N4O2. The molecule has 57 heavy (non-hydrogen) atoms. The highest BCUT2D eigenvalue weighted by Gasteiger charge is 2.28. The summed E-state index contributed by atoms with van der Waals surface area (Å²) in [5.74, 6) is 0.840. The number of fused-ring (bicyclic) bond motifs is 9. The molecule has 0 fully saturated rings. The number of rotatable bonds is 5. The Morgan fingerprint density at radius 3 is 2.21 bits per heavy atom. The predicted molar refractivity (Wildman–Crippen MR) is 232 cm³/mol. The van der Waals surface area contributed by atoms with Crippen molar-refractivity contribution in [2.24, 2.45) is 4.99 Å². The molecule has 7 aromatic carbocycles. The monoisotopic (exact) mass is 736 g/mol. The van der Waals surface area contributed by atoms with Gasteiger partial charge in [0.25, 0.3) is 0 Å². The van der Waals surface area contributed by atoms with Gasteiger partial charge in [0.15, 0.2) is 0 Å². The van der Waals surface area contributed by atoms with Crippen LogP contribution in [0.3, 0.4) is 0 Å². The maximum Gasteiger partial charge on any atom is 0.143 e. The Morgan fingerprint density at radius 2 is 1.33 bits per heavy atom. The van der Waals surface area contributed by atoms with Crippen molar-refractivity contribution < 1.29 is 8.83 Å². The van der Waals surface area contributed by atoms with Crippen LogP contribution in [-0.2, 0) is 6.42 Å². The Morgan fingerprint density at radius 1 is 0.596 bits per heavy atom. The van der Waals surface area contributed by atoms with Gasteiger partial charge in [0.05, 0.1) is 5.52 Å². The molecule has 2 unspecified atom stereocenters. The molecule has 12 rings (SSSR count). The van der Waals surface area contributed by atoms with E-state index in [-0.39, 0.29) is 12.3 Å². The lowest BCUT2D eigenvalue weighted by atomic mass is 9.99. The molecule has 3 aromatic heterocycles. The van der Waals surface area contributed by atoms with E-state index in [1.165, 1.54) is 22.2 Å². The highest BCUT2D eigenvalue weighted by molar-refractivity contribution is 6.12. The summed E-state index contributed by atoms with van der Waals surface area (Å²) in [6.45, 7) is 0. The number of hydrogen-bond acceptors (Lipinski definition) is 5. The fourth-order valence-electron chi connectivity index (χ4n) is 9.10. The van der Waals surface area contributed by atoms with E-state index in [9.17, 15) is 0 Å². The van der Waals surface area contributed by atoms with Crippen molar-refractivity contribution in [3.05, 3.63) is 192 Å². The smallest absolute Gasteiger partial charge is 0.143 e. The summed E-state index contributed by atoms with van der Waals surface area (Å²) in [5.41, 5.74) is 13.8. The van der Waals surface area contributed by atoms with Crippen molar-refractivity contribution in [1.82, 2.24) is 15.2 Å². The van der Waals surface area contributed by atoms with Crippen molar-refractivity contribution in [3.63, 3.8) is 0 Å². The van der Waals surface area contributed by atoms with Gasteiger partial charge in [0.1, 0.15) is 40.5 Å². The van der Waals surface area contributed by atoms with Crippen LogP contribution in [0.2, 0.25) is 0 Å². The molecule has 0 bridgehead atoms. The van der Waals surface area contributed by atoms with Crippen LogP contribution in [0.4, 0.5) is 0 Å². The molecule has 0 spiro atoms. The number of aromatic nitrogens is 1. The van der Waals surface area contributed by atoms with E-state index in [2.05, 4.69) is 161 Å². The van der Waals surface area contributed by atoms with E-state index in [0.29, 0.717) is 0 Å². The quantitative estimate of drug-likeness (QED) is 0.185. The first-order valence-electron chi connectivity index (χ1n) is 19.7. The number of nitrogens with one attached hydrogen (secondary N) is 2. The van der Waals surface area contributed by atoms with Crippen LogP contribution in [0.15, 0.2) is 178 Å². The summed E-state index contributed by atoms with van der Waals surface area (Å²) in [5, 5.41) is 13.0. The van der Waals surface area contributed by atoms with Gasteiger partial charge in [-0.05, 0) is 60.4 Å². The number of nitrogens with zero attached hydrogens (tertiary/aromatic N) is 2. The zero-order chi connectivity index (χ0) is 37.5. The molecule has 0 radical (unpaired) electrons. The van der Waals surface area contributed by atoms with Crippen LogP contribution in [0.5, 0.6) is 0 Å². The Hall–Kier alpha value is -7.15. The van der Waals surface area contributed by atoms with Gasteiger partial charge in [0.2, 0.25) is 0 Å². The SMILES string of the molecule is C1=Cc2c(n(-c3ccc4oc5ccc(-c6cccc7c6oc6c(C8N=C(c9ccccc9)NC(c9ccccc9)N8)cccc67)cc5c4c3)c3ccccc23)CC1. The van der Waals surface area contributed by atoms with E-state index >= 15 is 0 Å². The van der Waals surface area contributed by atoms with Gasteiger partial charge in [-0.2, -0.15) is 0 Å². The highest BCUT2D eigenvalue weighted by atomic mass is 16.3. The van der Waals surface area contributed by atoms with Gasteiger partial charge < -0.3 is 18.7 Å². The van der Waals surface area contributed by atoms with Crippen molar-refractivity contribution in [1.29, 1.82) is 0 Å². The average molecular weight is 737 g/mol. The summed E-state index contributed by atoms with van der Waals surface area (Å²) in [7, 11) is 0. The first-order valence-corrected chi connectivity index (χ1v) is 19.7.